The summed E-state index contributed by atoms with van der Waals surface area (Å²) < 4.78 is 5.71. The summed E-state index contributed by atoms with van der Waals surface area (Å²) in [5, 5.41) is 18.4. The maximum Gasteiger partial charge on any atom is 0.166 e. The van der Waals surface area contributed by atoms with E-state index in [0.717, 1.165) is 0 Å². The molecule has 1 unspecified atom stereocenters. The summed E-state index contributed by atoms with van der Waals surface area (Å²) in [6.07, 6.45) is 0. The van der Waals surface area contributed by atoms with Crippen LogP contribution in [0.25, 0.3) is 0 Å². The van der Waals surface area contributed by atoms with E-state index < -0.39 is 6.04 Å². The average Bonchev–Trinajstić information content (AvgIpc) is 2.19. The standard InChI is InChI=1S/C9H12BrNO3/c1-14-9-7(13)3-2-5(10)8(9)6(11)4-12/h2-3,6,12-13H,4,11H2,1H3. The maximum atomic E-state index is 9.48. The highest BCUT2D eigenvalue weighted by atomic mass is 79.9. The number of nitrogens with two attached hydrogens (primary N) is 1. The fourth-order valence-corrected chi connectivity index (χ4v) is 1.82. The minimum atomic E-state index is -0.577. The normalized spacial score (nSPS) is 12.6. The van der Waals surface area contributed by atoms with Crippen molar-refractivity contribution in [1.29, 1.82) is 0 Å². The van der Waals surface area contributed by atoms with Crippen LogP contribution in [-0.4, -0.2) is 23.9 Å². The van der Waals surface area contributed by atoms with Crippen LogP contribution in [0, 0.1) is 0 Å². The predicted octanol–water partition coefficient (Wildman–Crippen LogP) is 1.16. The van der Waals surface area contributed by atoms with Crippen molar-refractivity contribution < 1.29 is 14.9 Å². The first-order valence-corrected chi connectivity index (χ1v) is 4.83. The van der Waals surface area contributed by atoms with Crippen LogP contribution >= 0.6 is 15.9 Å². The number of aliphatic hydroxyl groups is 1. The highest BCUT2D eigenvalue weighted by molar-refractivity contribution is 9.10. The smallest absolute Gasteiger partial charge is 0.166 e. The Morgan fingerprint density at radius 3 is 2.71 bits per heavy atom. The molecule has 14 heavy (non-hydrogen) atoms. The summed E-state index contributed by atoms with van der Waals surface area (Å²) in [4.78, 5) is 0. The Labute approximate surface area is 90.4 Å². The number of halogens is 1. The van der Waals surface area contributed by atoms with Gasteiger partial charge in [-0.3, -0.25) is 0 Å². The molecule has 0 aliphatic carbocycles. The van der Waals surface area contributed by atoms with Crippen LogP contribution in [0.4, 0.5) is 0 Å². The number of ether oxygens (including phenoxy) is 1. The fourth-order valence-electron chi connectivity index (χ4n) is 1.22. The molecule has 4 nitrogen and oxygen atoms in total. The summed E-state index contributed by atoms with van der Waals surface area (Å²) in [5.41, 5.74) is 6.23. The number of phenolic OH excluding ortho intramolecular Hbond substituents is 1. The Kier molecular flexibility index (Phi) is 3.74. The number of aromatic hydroxyl groups is 1. The van der Waals surface area contributed by atoms with E-state index in [0.29, 0.717) is 15.8 Å². The van der Waals surface area contributed by atoms with Gasteiger partial charge in [-0.15, -0.1) is 0 Å². The van der Waals surface area contributed by atoms with Gasteiger partial charge in [-0.2, -0.15) is 0 Å². The molecule has 0 heterocycles. The Morgan fingerprint density at radius 1 is 1.57 bits per heavy atom. The lowest BCUT2D eigenvalue weighted by atomic mass is 10.1. The molecule has 0 aliphatic heterocycles. The first-order valence-electron chi connectivity index (χ1n) is 4.03. The highest BCUT2D eigenvalue weighted by Gasteiger charge is 2.17. The van der Waals surface area contributed by atoms with Crippen molar-refractivity contribution in [2.45, 2.75) is 6.04 Å². The molecule has 1 rings (SSSR count). The second kappa shape index (κ2) is 4.63. The molecule has 0 aliphatic rings. The van der Waals surface area contributed by atoms with Gasteiger partial charge in [0.2, 0.25) is 0 Å². The lowest BCUT2D eigenvalue weighted by molar-refractivity contribution is 0.263. The van der Waals surface area contributed by atoms with Crippen molar-refractivity contribution in [2.24, 2.45) is 5.73 Å². The lowest BCUT2D eigenvalue weighted by Crippen LogP contribution is -2.16. The first kappa shape index (κ1) is 11.3. The van der Waals surface area contributed by atoms with Crippen molar-refractivity contribution in [2.75, 3.05) is 13.7 Å². The van der Waals surface area contributed by atoms with E-state index in [-0.39, 0.29) is 12.4 Å². The van der Waals surface area contributed by atoms with Gasteiger partial charge in [-0.05, 0) is 12.1 Å². The molecule has 1 atom stereocenters. The third-order valence-electron chi connectivity index (χ3n) is 1.89. The van der Waals surface area contributed by atoms with Crippen LogP contribution in [0.1, 0.15) is 11.6 Å². The minimum absolute atomic E-state index is 0.00889. The summed E-state index contributed by atoms with van der Waals surface area (Å²) >= 11 is 3.28. The third-order valence-corrected chi connectivity index (χ3v) is 2.59. The van der Waals surface area contributed by atoms with Crippen molar-refractivity contribution >= 4 is 15.9 Å². The molecule has 1 aromatic carbocycles. The molecule has 0 bridgehead atoms. The topological polar surface area (TPSA) is 75.7 Å². The van der Waals surface area contributed by atoms with Crippen LogP contribution in [0.15, 0.2) is 16.6 Å². The number of aliphatic hydroxyl groups excluding tert-OH is 1. The Hall–Kier alpha value is -0.780. The van der Waals surface area contributed by atoms with Gasteiger partial charge in [0.1, 0.15) is 0 Å². The zero-order chi connectivity index (χ0) is 10.7. The van der Waals surface area contributed by atoms with Gasteiger partial charge in [-0.25, -0.2) is 0 Å². The quantitative estimate of drug-likeness (QED) is 0.763. The molecule has 78 valence electrons. The van der Waals surface area contributed by atoms with Gasteiger partial charge in [-0.1, -0.05) is 15.9 Å². The molecular weight excluding hydrogens is 250 g/mol. The second-order valence-electron chi connectivity index (χ2n) is 2.80. The number of hydrogen-bond acceptors (Lipinski definition) is 4. The SMILES string of the molecule is COc1c(O)ccc(Br)c1C(N)CO. The average molecular weight is 262 g/mol. The molecule has 0 saturated carbocycles. The van der Waals surface area contributed by atoms with Crippen molar-refractivity contribution in [3.63, 3.8) is 0 Å². The van der Waals surface area contributed by atoms with Crippen molar-refractivity contribution in [1.82, 2.24) is 0 Å². The van der Waals surface area contributed by atoms with Crippen molar-refractivity contribution in [3.05, 3.63) is 22.2 Å². The first-order chi connectivity index (χ1) is 6.61. The molecule has 1 aromatic rings. The molecule has 5 heteroatoms. The van der Waals surface area contributed by atoms with Gasteiger partial charge < -0.3 is 20.7 Å². The van der Waals surface area contributed by atoms with E-state index in [2.05, 4.69) is 15.9 Å². The van der Waals surface area contributed by atoms with Gasteiger partial charge in [0.15, 0.2) is 11.5 Å². The fraction of sp³-hybridized carbons (Fsp3) is 0.333. The van der Waals surface area contributed by atoms with E-state index in [1.165, 1.54) is 13.2 Å². The van der Waals surface area contributed by atoms with E-state index in [4.69, 9.17) is 15.6 Å². The van der Waals surface area contributed by atoms with E-state index >= 15 is 0 Å². The van der Waals surface area contributed by atoms with E-state index in [9.17, 15) is 5.11 Å². The predicted molar refractivity (Wildman–Crippen MR) is 56.4 cm³/mol. The van der Waals surface area contributed by atoms with Crippen LogP contribution in [0.5, 0.6) is 11.5 Å². The lowest BCUT2D eigenvalue weighted by Gasteiger charge is -2.16. The minimum Gasteiger partial charge on any atom is -0.504 e. The molecule has 0 aromatic heterocycles. The summed E-state index contributed by atoms with van der Waals surface area (Å²) in [6.45, 7) is -0.210. The third kappa shape index (κ3) is 2.00. The largest absolute Gasteiger partial charge is 0.504 e. The van der Waals surface area contributed by atoms with Crippen LogP contribution in [0.3, 0.4) is 0 Å². The van der Waals surface area contributed by atoms with Crippen molar-refractivity contribution in [3.8, 4) is 11.5 Å². The van der Waals surface area contributed by atoms with Gasteiger partial charge in [0.25, 0.3) is 0 Å². The van der Waals surface area contributed by atoms with Crippen LogP contribution < -0.4 is 10.5 Å². The Balaban J connectivity index is 3.29. The Bertz CT molecular complexity index is 330. The van der Waals surface area contributed by atoms with E-state index in [1.54, 1.807) is 6.07 Å². The zero-order valence-corrected chi connectivity index (χ0v) is 9.28. The van der Waals surface area contributed by atoms with Crippen LogP contribution in [0.2, 0.25) is 0 Å². The molecule has 0 saturated heterocycles. The molecule has 0 fully saturated rings. The number of benzene rings is 1. The molecule has 0 amide bonds. The van der Waals surface area contributed by atoms with Crippen LogP contribution in [-0.2, 0) is 0 Å². The summed E-state index contributed by atoms with van der Waals surface area (Å²) in [6, 6.07) is 2.57. The zero-order valence-electron chi connectivity index (χ0n) is 7.70. The number of phenols is 1. The number of methoxy groups -OCH3 is 1. The van der Waals surface area contributed by atoms with E-state index in [1.807, 2.05) is 0 Å². The number of hydrogen-bond donors (Lipinski definition) is 3. The molecule has 0 spiro atoms. The maximum absolute atomic E-state index is 9.48. The summed E-state index contributed by atoms with van der Waals surface area (Å²) in [7, 11) is 1.44. The summed E-state index contributed by atoms with van der Waals surface area (Å²) in [5.74, 6) is 0.301. The second-order valence-corrected chi connectivity index (χ2v) is 3.66. The Morgan fingerprint density at radius 2 is 2.21 bits per heavy atom. The van der Waals surface area contributed by atoms with Gasteiger partial charge in [0, 0.05) is 10.0 Å². The molecule has 0 radical (unpaired) electrons. The van der Waals surface area contributed by atoms with Gasteiger partial charge >= 0.3 is 0 Å². The number of rotatable bonds is 3. The monoisotopic (exact) mass is 261 g/mol. The van der Waals surface area contributed by atoms with Gasteiger partial charge in [0.05, 0.1) is 19.8 Å². The molecule has 4 N–H and O–H groups in total. The molecular formula is C9H12BrNO3. The highest BCUT2D eigenvalue weighted by Crippen LogP contribution is 2.38.